The minimum atomic E-state index is -0.418. The number of hydrogen-bond acceptors (Lipinski definition) is 5. The van der Waals surface area contributed by atoms with Crippen LogP contribution in [-0.2, 0) is 22.4 Å². The van der Waals surface area contributed by atoms with Gasteiger partial charge in [0, 0.05) is 9.90 Å². The molecule has 0 spiro atoms. The van der Waals surface area contributed by atoms with Crippen molar-refractivity contribution in [2.75, 3.05) is 18.5 Å². The summed E-state index contributed by atoms with van der Waals surface area (Å²) in [5, 5.41) is 4.11. The highest BCUT2D eigenvalue weighted by Crippen LogP contribution is 2.38. The van der Waals surface area contributed by atoms with Gasteiger partial charge >= 0.3 is 5.97 Å². The van der Waals surface area contributed by atoms with E-state index in [9.17, 15) is 9.59 Å². The fraction of sp³-hybridized carbons (Fsp3) is 0.429. The first-order chi connectivity index (χ1) is 14.4. The van der Waals surface area contributed by atoms with E-state index in [-0.39, 0.29) is 22.4 Å². The average Bonchev–Trinajstić information content (AvgIpc) is 2.86. The zero-order chi connectivity index (χ0) is 21.7. The Kier molecular flexibility index (Phi) is 8.28. The Morgan fingerprint density at radius 1 is 1.10 bits per heavy atom. The third-order valence-electron chi connectivity index (χ3n) is 4.63. The number of aryl methyl sites for hydroxylation is 1. The number of hydrogen-bond donors (Lipinski definition) is 1. The van der Waals surface area contributed by atoms with Crippen LogP contribution in [0, 0.1) is 0 Å². The number of thiophene rings is 1. The van der Waals surface area contributed by atoms with Crippen molar-refractivity contribution in [2.24, 2.45) is 0 Å². The minimum absolute atomic E-state index is 0.183. The lowest BCUT2D eigenvalue weighted by molar-refractivity contribution is -0.118. The highest BCUT2D eigenvalue weighted by Gasteiger charge is 2.27. The van der Waals surface area contributed by atoms with Crippen molar-refractivity contribution in [1.29, 1.82) is 0 Å². The number of anilines is 1. The van der Waals surface area contributed by atoms with Crippen molar-refractivity contribution in [3.8, 4) is 5.75 Å². The molecule has 9 heteroatoms. The van der Waals surface area contributed by atoms with E-state index < -0.39 is 11.9 Å². The van der Waals surface area contributed by atoms with Gasteiger partial charge in [-0.05, 0) is 49.8 Å². The van der Waals surface area contributed by atoms with Crippen LogP contribution in [0.15, 0.2) is 12.1 Å². The standard InChI is InChI=1S/C21H22Cl3NO4S/c1-2-8-28-21(27)18-13-6-4-3-5-7-16(13)30-20(18)25-17(26)11-29-19-14(23)9-12(22)10-15(19)24/h9-10H,2-8,11H2,1H3,(H,25,26). The van der Waals surface area contributed by atoms with E-state index in [0.717, 1.165) is 49.0 Å². The fourth-order valence-corrected chi connectivity index (χ4v) is 5.50. The topological polar surface area (TPSA) is 64.6 Å². The highest BCUT2D eigenvalue weighted by atomic mass is 35.5. The largest absolute Gasteiger partial charge is 0.481 e. The zero-order valence-electron chi connectivity index (χ0n) is 16.5. The summed E-state index contributed by atoms with van der Waals surface area (Å²) in [5.41, 5.74) is 1.47. The van der Waals surface area contributed by atoms with Crippen LogP contribution in [0.3, 0.4) is 0 Å². The van der Waals surface area contributed by atoms with Gasteiger partial charge in [-0.3, -0.25) is 4.79 Å². The number of carbonyl (C=O) groups is 2. The van der Waals surface area contributed by atoms with Gasteiger partial charge in [0.1, 0.15) is 5.00 Å². The second kappa shape index (κ2) is 10.7. The molecule has 0 saturated carbocycles. The summed E-state index contributed by atoms with van der Waals surface area (Å²) in [6, 6.07) is 2.97. The van der Waals surface area contributed by atoms with Crippen LogP contribution >= 0.6 is 46.1 Å². The molecule has 1 aromatic heterocycles. The maximum absolute atomic E-state index is 12.7. The number of nitrogens with one attached hydrogen (secondary N) is 1. The molecule has 30 heavy (non-hydrogen) atoms. The Morgan fingerprint density at radius 3 is 2.50 bits per heavy atom. The van der Waals surface area contributed by atoms with E-state index in [4.69, 9.17) is 44.3 Å². The Hall–Kier alpha value is -1.47. The summed E-state index contributed by atoms with van der Waals surface area (Å²) in [4.78, 5) is 26.4. The molecule has 3 rings (SSSR count). The molecule has 0 fully saturated rings. The lowest BCUT2D eigenvalue weighted by Gasteiger charge is -2.11. The number of amides is 1. The van der Waals surface area contributed by atoms with Crippen LogP contribution in [0.25, 0.3) is 0 Å². The third-order valence-corrected chi connectivity index (χ3v) is 6.61. The number of halogens is 3. The number of carbonyl (C=O) groups excluding carboxylic acids is 2. The normalized spacial score (nSPS) is 13.3. The van der Waals surface area contributed by atoms with Gasteiger partial charge in [0.15, 0.2) is 12.4 Å². The monoisotopic (exact) mass is 489 g/mol. The highest BCUT2D eigenvalue weighted by molar-refractivity contribution is 7.17. The number of fused-ring (bicyclic) bond motifs is 1. The van der Waals surface area contributed by atoms with Crippen molar-refractivity contribution in [1.82, 2.24) is 0 Å². The maximum atomic E-state index is 12.7. The molecule has 1 heterocycles. The van der Waals surface area contributed by atoms with E-state index in [2.05, 4.69) is 5.32 Å². The molecule has 1 aromatic carbocycles. The molecule has 2 aromatic rings. The number of benzene rings is 1. The second-order valence-electron chi connectivity index (χ2n) is 6.94. The van der Waals surface area contributed by atoms with E-state index >= 15 is 0 Å². The van der Waals surface area contributed by atoms with Crippen LogP contribution in [-0.4, -0.2) is 25.1 Å². The summed E-state index contributed by atoms with van der Waals surface area (Å²) in [6.45, 7) is 1.97. The molecule has 0 unspecified atom stereocenters. The van der Waals surface area contributed by atoms with Gasteiger partial charge < -0.3 is 14.8 Å². The van der Waals surface area contributed by atoms with Crippen molar-refractivity contribution in [2.45, 2.75) is 45.4 Å². The van der Waals surface area contributed by atoms with Crippen LogP contribution < -0.4 is 10.1 Å². The Balaban J connectivity index is 1.76. The average molecular weight is 491 g/mol. The van der Waals surface area contributed by atoms with Crippen molar-refractivity contribution in [3.05, 3.63) is 43.2 Å². The van der Waals surface area contributed by atoms with Crippen LogP contribution in [0.2, 0.25) is 15.1 Å². The molecule has 0 aliphatic heterocycles. The van der Waals surface area contributed by atoms with Gasteiger partial charge in [0.25, 0.3) is 5.91 Å². The molecule has 1 amide bonds. The van der Waals surface area contributed by atoms with Crippen molar-refractivity contribution in [3.63, 3.8) is 0 Å². The SMILES string of the molecule is CCCOC(=O)c1c(NC(=O)COc2c(Cl)cc(Cl)cc2Cl)sc2c1CCCCC2. The fourth-order valence-electron chi connectivity index (χ4n) is 3.28. The molecular formula is C21H22Cl3NO4S. The van der Waals surface area contributed by atoms with E-state index in [1.807, 2.05) is 6.92 Å². The zero-order valence-corrected chi connectivity index (χ0v) is 19.6. The number of ether oxygens (including phenoxy) is 2. The van der Waals surface area contributed by atoms with Crippen molar-refractivity contribution >= 4 is 63.0 Å². The Bertz CT molecular complexity index is 922. The summed E-state index contributed by atoms with van der Waals surface area (Å²) in [6.07, 6.45) is 5.66. The summed E-state index contributed by atoms with van der Waals surface area (Å²) in [7, 11) is 0. The van der Waals surface area contributed by atoms with E-state index in [0.29, 0.717) is 22.2 Å². The third kappa shape index (κ3) is 5.61. The van der Waals surface area contributed by atoms with Crippen molar-refractivity contribution < 1.29 is 19.1 Å². The molecule has 1 aliphatic rings. The molecule has 0 saturated heterocycles. The molecule has 0 radical (unpaired) electrons. The van der Waals surface area contributed by atoms with Gasteiger partial charge in [-0.2, -0.15) is 0 Å². The quantitative estimate of drug-likeness (QED) is 0.352. The Morgan fingerprint density at radius 2 is 1.80 bits per heavy atom. The second-order valence-corrected chi connectivity index (χ2v) is 9.30. The number of rotatable bonds is 7. The van der Waals surface area contributed by atoms with E-state index in [1.165, 1.54) is 23.5 Å². The first-order valence-electron chi connectivity index (χ1n) is 9.79. The molecule has 162 valence electrons. The van der Waals surface area contributed by atoms with E-state index in [1.54, 1.807) is 0 Å². The van der Waals surface area contributed by atoms with Crippen LogP contribution in [0.1, 0.15) is 53.4 Å². The summed E-state index contributed by atoms with van der Waals surface area (Å²) >= 11 is 19.5. The van der Waals surface area contributed by atoms with Crippen LogP contribution in [0.4, 0.5) is 5.00 Å². The van der Waals surface area contributed by atoms with Gasteiger partial charge in [0.05, 0.1) is 22.2 Å². The molecule has 0 atom stereocenters. The lowest BCUT2D eigenvalue weighted by atomic mass is 10.1. The maximum Gasteiger partial charge on any atom is 0.341 e. The van der Waals surface area contributed by atoms with Gasteiger partial charge in [0.2, 0.25) is 0 Å². The summed E-state index contributed by atoms with van der Waals surface area (Å²) < 4.78 is 10.9. The Labute approximate surface area is 194 Å². The molecule has 0 bridgehead atoms. The smallest absolute Gasteiger partial charge is 0.341 e. The predicted octanol–water partition coefficient (Wildman–Crippen LogP) is 6.56. The molecule has 5 nitrogen and oxygen atoms in total. The molecular weight excluding hydrogens is 469 g/mol. The number of esters is 1. The lowest BCUT2D eigenvalue weighted by Crippen LogP contribution is -2.21. The van der Waals surface area contributed by atoms with Gasteiger partial charge in [-0.25, -0.2) is 4.79 Å². The predicted molar refractivity (Wildman–Crippen MR) is 122 cm³/mol. The molecule has 1 aliphatic carbocycles. The summed E-state index contributed by atoms with van der Waals surface area (Å²) in [5.74, 6) is -0.628. The van der Waals surface area contributed by atoms with Gasteiger partial charge in [-0.1, -0.05) is 48.1 Å². The van der Waals surface area contributed by atoms with Crippen LogP contribution in [0.5, 0.6) is 5.75 Å². The first kappa shape index (κ1) is 23.2. The minimum Gasteiger partial charge on any atom is -0.481 e. The first-order valence-corrected chi connectivity index (χ1v) is 11.7. The molecule has 1 N–H and O–H groups in total. The van der Waals surface area contributed by atoms with Gasteiger partial charge in [-0.15, -0.1) is 11.3 Å².